The number of hydrogen-bond donors (Lipinski definition) is 1. The minimum Gasteiger partial charge on any atom is -0.476 e. The first kappa shape index (κ1) is 12.5. The van der Waals surface area contributed by atoms with E-state index >= 15 is 0 Å². The van der Waals surface area contributed by atoms with Crippen LogP contribution in [0.15, 0.2) is 24.3 Å². The molecule has 0 atom stereocenters. The van der Waals surface area contributed by atoms with E-state index in [2.05, 4.69) is 8.75 Å². The zero-order valence-corrected chi connectivity index (χ0v) is 9.42. The van der Waals surface area contributed by atoms with Gasteiger partial charge in [-0.05, 0) is 12.1 Å². The highest BCUT2D eigenvalue weighted by atomic mass is 32.1. The molecule has 1 N–H and O–H groups in total. The van der Waals surface area contributed by atoms with Crippen molar-refractivity contribution in [2.24, 2.45) is 0 Å². The number of rotatable bonds is 2. The Hall–Kier alpha value is -1.96. The van der Waals surface area contributed by atoms with Gasteiger partial charge >= 0.3 is 12.1 Å². The van der Waals surface area contributed by atoms with Gasteiger partial charge in [0.05, 0.1) is 17.3 Å². The van der Waals surface area contributed by atoms with Crippen LogP contribution in [0.2, 0.25) is 0 Å². The van der Waals surface area contributed by atoms with Crippen molar-refractivity contribution >= 4 is 17.7 Å². The van der Waals surface area contributed by atoms with E-state index in [1.54, 1.807) is 0 Å². The monoisotopic (exact) mass is 274 g/mol. The molecule has 0 aliphatic heterocycles. The lowest BCUT2D eigenvalue weighted by molar-refractivity contribution is -0.137. The summed E-state index contributed by atoms with van der Waals surface area (Å²) in [7, 11) is 0. The Bertz CT molecular complexity index is 578. The van der Waals surface area contributed by atoms with Crippen LogP contribution in [0.5, 0.6) is 0 Å². The first-order chi connectivity index (χ1) is 8.39. The number of hydrogen-bond acceptors (Lipinski definition) is 4. The van der Waals surface area contributed by atoms with Crippen LogP contribution >= 0.6 is 11.7 Å². The van der Waals surface area contributed by atoms with Crippen molar-refractivity contribution in [2.75, 3.05) is 0 Å². The number of benzene rings is 1. The van der Waals surface area contributed by atoms with Crippen LogP contribution in [0.4, 0.5) is 13.2 Å². The number of nitrogens with zero attached hydrogens (tertiary/aromatic N) is 2. The van der Waals surface area contributed by atoms with E-state index in [0.717, 1.165) is 12.1 Å². The molecule has 0 fully saturated rings. The second kappa shape index (κ2) is 4.37. The average molecular weight is 274 g/mol. The second-order valence-electron chi connectivity index (χ2n) is 3.34. The van der Waals surface area contributed by atoms with Gasteiger partial charge in [-0.3, -0.25) is 0 Å². The Morgan fingerprint density at radius 1 is 1.17 bits per heavy atom. The molecule has 2 aromatic rings. The van der Waals surface area contributed by atoms with Gasteiger partial charge in [-0.25, -0.2) is 4.79 Å². The van der Waals surface area contributed by atoms with Crippen molar-refractivity contribution in [3.05, 3.63) is 35.5 Å². The number of alkyl halides is 3. The van der Waals surface area contributed by atoms with Crippen LogP contribution in [-0.2, 0) is 6.18 Å². The van der Waals surface area contributed by atoms with E-state index in [0.29, 0.717) is 11.7 Å². The molecular formula is C10H5F3N2O2S. The number of carboxylic acids is 1. The highest BCUT2D eigenvalue weighted by molar-refractivity contribution is 6.99. The fraction of sp³-hybridized carbons (Fsp3) is 0.100. The maximum absolute atomic E-state index is 12.3. The molecule has 0 spiro atoms. The molecular weight excluding hydrogens is 269 g/mol. The van der Waals surface area contributed by atoms with Crippen molar-refractivity contribution < 1.29 is 23.1 Å². The summed E-state index contributed by atoms with van der Waals surface area (Å²) in [6.07, 6.45) is -4.42. The minimum atomic E-state index is -4.42. The fourth-order valence-corrected chi connectivity index (χ4v) is 1.90. The summed E-state index contributed by atoms with van der Waals surface area (Å²) in [6.45, 7) is 0. The molecule has 0 aliphatic carbocycles. The largest absolute Gasteiger partial charge is 0.476 e. The third kappa shape index (κ3) is 2.33. The minimum absolute atomic E-state index is 0.0706. The predicted octanol–water partition coefficient (Wildman–Crippen LogP) is 2.92. The Labute approximate surface area is 103 Å². The van der Waals surface area contributed by atoms with Crippen molar-refractivity contribution in [3.8, 4) is 11.3 Å². The van der Waals surface area contributed by atoms with E-state index in [1.165, 1.54) is 12.1 Å². The SMILES string of the molecule is O=C(O)c1nsnc1-c1ccc(C(F)(F)F)cc1. The maximum atomic E-state index is 12.3. The fourth-order valence-electron chi connectivity index (χ4n) is 1.34. The standard InChI is InChI=1S/C10H5F3N2O2S/c11-10(12,13)6-3-1-5(2-4-6)7-8(9(16)17)15-18-14-7/h1-4H,(H,16,17). The van der Waals surface area contributed by atoms with E-state index in [9.17, 15) is 18.0 Å². The zero-order chi connectivity index (χ0) is 13.3. The average Bonchev–Trinajstić information content (AvgIpc) is 2.77. The van der Waals surface area contributed by atoms with Crippen LogP contribution in [0.1, 0.15) is 16.1 Å². The normalized spacial score (nSPS) is 11.5. The molecule has 8 heteroatoms. The molecule has 0 aliphatic rings. The molecule has 0 radical (unpaired) electrons. The second-order valence-corrected chi connectivity index (χ2v) is 3.87. The molecule has 0 unspecified atom stereocenters. The van der Waals surface area contributed by atoms with E-state index in [4.69, 9.17) is 5.11 Å². The Kier molecular flexibility index (Phi) is 3.04. The molecule has 0 saturated carbocycles. The molecule has 1 heterocycles. The lowest BCUT2D eigenvalue weighted by atomic mass is 10.1. The summed E-state index contributed by atoms with van der Waals surface area (Å²) in [6, 6.07) is 4.10. The van der Waals surface area contributed by atoms with Gasteiger partial charge in [0.2, 0.25) is 0 Å². The van der Waals surface area contributed by atoms with Gasteiger partial charge in [0, 0.05) is 5.56 Å². The van der Waals surface area contributed by atoms with Gasteiger partial charge in [-0.1, -0.05) is 12.1 Å². The highest BCUT2D eigenvalue weighted by Crippen LogP contribution is 2.31. The molecule has 94 valence electrons. The highest BCUT2D eigenvalue weighted by Gasteiger charge is 2.30. The van der Waals surface area contributed by atoms with Gasteiger partial charge < -0.3 is 5.11 Å². The summed E-state index contributed by atoms with van der Waals surface area (Å²) in [5.41, 5.74) is -0.707. The molecule has 1 aromatic heterocycles. The number of aromatic nitrogens is 2. The van der Waals surface area contributed by atoms with Crippen LogP contribution < -0.4 is 0 Å². The lowest BCUT2D eigenvalue weighted by Crippen LogP contribution is -2.04. The number of carbonyl (C=O) groups is 1. The van der Waals surface area contributed by atoms with Gasteiger partial charge in [0.1, 0.15) is 5.69 Å². The smallest absolute Gasteiger partial charge is 0.416 e. The van der Waals surface area contributed by atoms with Gasteiger partial charge in [0.15, 0.2) is 5.69 Å². The molecule has 0 saturated heterocycles. The summed E-state index contributed by atoms with van der Waals surface area (Å²) < 4.78 is 44.4. The third-order valence-electron chi connectivity index (χ3n) is 2.18. The molecule has 18 heavy (non-hydrogen) atoms. The Morgan fingerprint density at radius 2 is 1.78 bits per heavy atom. The van der Waals surface area contributed by atoms with Crippen molar-refractivity contribution in [1.29, 1.82) is 0 Å². The first-order valence-electron chi connectivity index (χ1n) is 4.63. The molecule has 0 amide bonds. The zero-order valence-electron chi connectivity index (χ0n) is 8.60. The van der Waals surface area contributed by atoms with Gasteiger partial charge in [-0.2, -0.15) is 21.9 Å². The van der Waals surface area contributed by atoms with Crippen molar-refractivity contribution in [2.45, 2.75) is 6.18 Å². The van der Waals surface area contributed by atoms with Crippen molar-refractivity contribution in [3.63, 3.8) is 0 Å². The van der Waals surface area contributed by atoms with E-state index in [-0.39, 0.29) is 17.0 Å². The topological polar surface area (TPSA) is 63.1 Å². The number of aromatic carboxylic acids is 1. The Balaban J connectivity index is 2.41. The Morgan fingerprint density at radius 3 is 2.28 bits per heavy atom. The lowest BCUT2D eigenvalue weighted by Gasteiger charge is -2.06. The summed E-state index contributed by atoms with van der Waals surface area (Å²) in [5.74, 6) is -1.27. The number of halogens is 3. The van der Waals surface area contributed by atoms with Gasteiger partial charge in [0.25, 0.3) is 0 Å². The summed E-state index contributed by atoms with van der Waals surface area (Å²) in [4.78, 5) is 10.8. The van der Waals surface area contributed by atoms with Crippen molar-refractivity contribution in [1.82, 2.24) is 8.75 Å². The van der Waals surface area contributed by atoms with E-state index in [1.807, 2.05) is 0 Å². The van der Waals surface area contributed by atoms with Crippen LogP contribution in [0.25, 0.3) is 11.3 Å². The molecule has 4 nitrogen and oxygen atoms in total. The summed E-state index contributed by atoms with van der Waals surface area (Å²) >= 11 is 0.696. The maximum Gasteiger partial charge on any atom is 0.416 e. The number of carboxylic acid groups (broad SMARTS) is 1. The predicted molar refractivity (Wildman–Crippen MR) is 57.3 cm³/mol. The quantitative estimate of drug-likeness (QED) is 0.914. The van der Waals surface area contributed by atoms with E-state index < -0.39 is 17.7 Å². The van der Waals surface area contributed by atoms with Crippen LogP contribution in [-0.4, -0.2) is 19.8 Å². The van der Waals surface area contributed by atoms with Crippen LogP contribution in [0.3, 0.4) is 0 Å². The van der Waals surface area contributed by atoms with Gasteiger partial charge in [-0.15, -0.1) is 0 Å². The third-order valence-corrected chi connectivity index (χ3v) is 2.71. The van der Waals surface area contributed by atoms with Crippen LogP contribution in [0, 0.1) is 0 Å². The molecule has 1 aromatic carbocycles. The molecule has 2 rings (SSSR count). The first-order valence-corrected chi connectivity index (χ1v) is 5.36. The molecule has 0 bridgehead atoms. The summed E-state index contributed by atoms with van der Waals surface area (Å²) in [5, 5.41) is 8.82.